The molecule has 0 unspecified atom stereocenters. The molecule has 0 aliphatic heterocycles. The molecule has 0 aliphatic carbocycles. The standard InChI is InChI=1S/C21H12Cl3F2N3O3S/c1-33(31,32)28-21(30)14-8-16(24)19(9-17(14)26)29-18-3-2-11(22)7-15(18)20(27-29)10-4-12(23)6-13(25)5-10/h2-9H,1H3,(H,28,30). The lowest BCUT2D eigenvalue weighted by Crippen LogP contribution is -2.30. The second-order valence-corrected chi connectivity index (χ2v) is 10.1. The van der Waals surface area contributed by atoms with Crippen molar-refractivity contribution in [2.75, 3.05) is 6.26 Å². The van der Waals surface area contributed by atoms with Gasteiger partial charge in [0.1, 0.15) is 17.3 Å². The van der Waals surface area contributed by atoms with E-state index in [1.54, 1.807) is 22.9 Å². The Morgan fingerprint density at radius 3 is 2.39 bits per heavy atom. The minimum atomic E-state index is -3.91. The molecule has 0 atom stereocenters. The highest BCUT2D eigenvalue weighted by Gasteiger charge is 2.22. The first-order chi connectivity index (χ1) is 15.4. The zero-order valence-electron chi connectivity index (χ0n) is 16.5. The average Bonchev–Trinajstić information content (AvgIpc) is 3.05. The zero-order valence-corrected chi connectivity index (χ0v) is 19.6. The van der Waals surface area contributed by atoms with Gasteiger partial charge in [-0.15, -0.1) is 0 Å². The van der Waals surface area contributed by atoms with Crippen LogP contribution in [0.4, 0.5) is 8.78 Å². The van der Waals surface area contributed by atoms with E-state index >= 15 is 0 Å². The summed E-state index contributed by atoms with van der Waals surface area (Å²) < 4.78 is 54.4. The molecule has 4 aromatic rings. The topological polar surface area (TPSA) is 81.1 Å². The maximum absolute atomic E-state index is 14.8. The molecule has 6 nitrogen and oxygen atoms in total. The first kappa shape index (κ1) is 23.4. The number of sulfonamides is 1. The van der Waals surface area contributed by atoms with Gasteiger partial charge in [0, 0.05) is 27.1 Å². The predicted octanol–water partition coefficient (Wildman–Crippen LogP) is 5.62. The number of hydrogen-bond acceptors (Lipinski definition) is 4. The van der Waals surface area contributed by atoms with Gasteiger partial charge in [-0.05, 0) is 42.5 Å². The van der Waals surface area contributed by atoms with Crippen molar-refractivity contribution < 1.29 is 22.0 Å². The number of nitrogens with zero attached hydrogens (tertiary/aromatic N) is 2. The van der Waals surface area contributed by atoms with Crippen LogP contribution in [0.5, 0.6) is 0 Å². The molecule has 0 spiro atoms. The molecular weight excluding hydrogens is 519 g/mol. The van der Waals surface area contributed by atoms with Crippen LogP contribution in [0.15, 0.2) is 48.5 Å². The van der Waals surface area contributed by atoms with E-state index in [1.165, 1.54) is 16.8 Å². The Balaban J connectivity index is 1.92. The third-order valence-electron chi connectivity index (χ3n) is 4.57. The van der Waals surface area contributed by atoms with Crippen LogP contribution in [-0.4, -0.2) is 30.4 Å². The normalized spacial score (nSPS) is 11.7. The molecule has 1 N–H and O–H groups in total. The number of nitrogens with one attached hydrogen (secondary N) is 1. The zero-order chi connectivity index (χ0) is 24.1. The molecule has 1 aromatic heterocycles. The molecule has 170 valence electrons. The third kappa shape index (κ3) is 4.81. The van der Waals surface area contributed by atoms with Gasteiger partial charge in [0.05, 0.1) is 28.0 Å². The van der Waals surface area contributed by atoms with E-state index in [9.17, 15) is 22.0 Å². The summed E-state index contributed by atoms with van der Waals surface area (Å²) in [5.74, 6) is -2.77. The Kier molecular flexibility index (Phi) is 6.09. The molecule has 0 saturated heterocycles. The summed E-state index contributed by atoms with van der Waals surface area (Å²) >= 11 is 18.5. The van der Waals surface area contributed by atoms with Crippen LogP contribution in [0.25, 0.3) is 27.8 Å². The molecule has 0 fully saturated rings. The second-order valence-electron chi connectivity index (χ2n) is 7.07. The van der Waals surface area contributed by atoms with Gasteiger partial charge in [-0.3, -0.25) is 4.79 Å². The van der Waals surface area contributed by atoms with Crippen molar-refractivity contribution in [1.29, 1.82) is 0 Å². The molecule has 0 radical (unpaired) electrons. The summed E-state index contributed by atoms with van der Waals surface area (Å²) in [6.07, 6.45) is 0.764. The fourth-order valence-corrected chi connectivity index (χ4v) is 4.36. The predicted molar refractivity (Wildman–Crippen MR) is 124 cm³/mol. The third-order valence-corrected chi connectivity index (χ3v) is 5.88. The minimum Gasteiger partial charge on any atom is -0.268 e. The molecule has 0 bridgehead atoms. The van der Waals surface area contributed by atoms with Gasteiger partial charge < -0.3 is 0 Å². The number of fused-ring (bicyclic) bond motifs is 1. The van der Waals surface area contributed by atoms with Crippen molar-refractivity contribution >= 4 is 61.6 Å². The minimum absolute atomic E-state index is 0.0612. The highest BCUT2D eigenvalue weighted by molar-refractivity contribution is 7.89. The van der Waals surface area contributed by atoms with Gasteiger partial charge in [0.15, 0.2) is 0 Å². The quantitative estimate of drug-likeness (QED) is 0.371. The van der Waals surface area contributed by atoms with Crippen LogP contribution in [0.1, 0.15) is 10.4 Å². The summed E-state index contributed by atoms with van der Waals surface area (Å²) in [5.41, 5.74) is 0.623. The Bertz CT molecular complexity index is 1540. The second kappa shape index (κ2) is 8.57. The van der Waals surface area contributed by atoms with E-state index in [2.05, 4.69) is 5.10 Å². The van der Waals surface area contributed by atoms with E-state index in [0.29, 0.717) is 27.2 Å². The maximum atomic E-state index is 14.8. The van der Waals surface area contributed by atoms with Crippen LogP contribution in [0.3, 0.4) is 0 Å². The first-order valence-corrected chi connectivity index (χ1v) is 12.1. The fourth-order valence-electron chi connectivity index (χ4n) is 3.27. The molecule has 4 rings (SSSR count). The average molecular weight is 531 g/mol. The molecule has 1 heterocycles. The summed E-state index contributed by atoms with van der Waals surface area (Å²) in [6.45, 7) is 0. The van der Waals surface area contributed by atoms with Crippen LogP contribution in [0.2, 0.25) is 15.1 Å². The summed E-state index contributed by atoms with van der Waals surface area (Å²) in [4.78, 5) is 12.1. The lowest BCUT2D eigenvalue weighted by atomic mass is 10.1. The first-order valence-electron chi connectivity index (χ1n) is 9.09. The van der Waals surface area contributed by atoms with Crippen molar-refractivity contribution in [3.63, 3.8) is 0 Å². The number of aromatic nitrogens is 2. The highest BCUT2D eigenvalue weighted by atomic mass is 35.5. The Hall–Kier alpha value is -2.72. The van der Waals surface area contributed by atoms with Crippen molar-refractivity contribution in [3.05, 3.63) is 80.8 Å². The van der Waals surface area contributed by atoms with Gasteiger partial charge in [-0.25, -0.2) is 26.6 Å². The molecule has 33 heavy (non-hydrogen) atoms. The van der Waals surface area contributed by atoms with Crippen molar-refractivity contribution in [1.82, 2.24) is 14.5 Å². The lowest BCUT2D eigenvalue weighted by Gasteiger charge is -2.10. The SMILES string of the molecule is CS(=O)(=O)NC(=O)c1cc(Cl)c(-n2nc(-c3cc(F)cc(Cl)c3)c3cc(Cl)ccc32)cc1F. The summed E-state index contributed by atoms with van der Waals surface area (Å²) in [5, 5.41) is 5.44. The van der Waals surface area contributed by atoms with Crippen LogP contribution in [0, 0.1) is 11.6 Å². The summed E-state index contributed by atoms with van der Waals surface area (Å²) in [6, 6.07) is 10.6. The van der Waals surface area contributed by atoms with Gasteiger partial charge in [0.25, 0.3) is 5.91 Å². The molecule has 12 heteroatoms. The van der Waals surface area contributed by atoms with E-state index < -0.39 is 33.1 Å². The molecule has 0 saturated carbocycles. The maximum Gasteiger partial charge on any atom is 0.267 e. The molecule has 0 aliphatic rings. The van der Waals surface area contributed by atoms with Gasteiger partial charge >= 0.3 is 0 Å². The number of amides is 1. The van der Waals surface area contributed by atoms with Crippen molar-refractivity contribution in [2.45, 2.75) is 0 Å². The number of carbonyl (C=O) groups is 1. The number of hydrogen-bond donors (Lipinski definition) is 1. The van der Waals surface area contributed by atoms with Gasteiger partial charge in [0.2, 0.25) is 10.0 Å². The van der Waals surface area contributed by atoms with Crippen LogP contribution in [-0.2, 0) is 10.0 Å². The number of halogens is 5. The van der Waals surface area contributed by atoms with Crippen LogP contribution < -0.4 is 4.72 Å². The smallest absolute Gasteiger partial charge is 0.267 e. The van der Waals surface area contributed by atoms with Crippen molar-refractivity contribution in [3.8, 4) is 16.9 Å². The fraction of sp³-hybridized carbons (Fsp3) is 0.0476. The van der Waals surface area contributed by atoms with Crippen LogP contribution >= 0.6 is 34.8 Å². The molecule has 1 amide bonds. The van der Waals surface area contributed by atoms with E-state index in [0.717, 1.165) is 24.5 Å². The lowest BCUT2D eigenvalue weighted by molar-refractivity contribution is 0.0978. The summed E-state index contributed by atoms with van der Waals surface area (Å²) in [7, 11) is -3.91. The molecular formula is C21H12Cl3F2N3O3S. The largest absolute Gasteiger partial charge is 0.268 e. The highest BCUT2D eigenvalue weighted by Crippen LogP contribution is 2.35. The molecule has 3 aromatic carbocycles. The van der Waals surface area contributed by atoms with Gasteiger partial charge in [-0.1, -0.05) is 34.8 Å². The van der Waals surface area contributed by atoms with Gasteiger partial charge in [-0.2, -0.15) is 5.10 Å². The monoisotopic (exact) mass is 529 g/mol. The Labute approximate surface area is 201 Å². The van der Waals surface area contributed by atoms with Crippen molar-refractivity contribution in [2.24, 2.45) is 0 Å². The van der Waals surface area contributed by atoms with E-state index in [1.807, 2.05) is 0 Å². The Morgan fingerprint density at radius 2 is 1.73 bits per heavy atom. The van der Waals surface area contributed by atoms with E-state index in [4.69, 9.17) is 34.8 Å². The number of rotatable bonds is 4. The Morgan fingerprint density at radius 1 is 1.00 bits per heavy atom. The number of carbonyl (C=O) groups excluding carboxylic acids is 1. The van der Waals surface area contributed by atoms with E-state index in [-0.39, 0.29) is 15.7 Å². The number of benzene rings is 3.